The normalized spacial score (nSPS) is 23.2. The summed E-state index contributed by atoms with van der Waals surface area (Å²) in [5.41, 5.74) is 5.50. The van der Waals surface area contributed by atoms with Crippen molar-refractivity contribution >= 4 is 5.91 Å². The van der Waals surface area contributed by atoms with E-state index in [2.05, 4.69) is 12.2 Å². The summed E-state index contributed by atoms with van der Waals surface area (Å²) >= 11 is 0. The molecule has 2 atom stereocenters. The molecule has 1 aliphatic rings. The predicted octanol–water partition coefficient (Wildman–Crippen LogP) is 0.816. The first-order valence-corrected chi connectivity index (χ1v) is 6.99. The van der Waals surface area contributed by atoms with E-state index in [0.29, 0.717) is 19.7 Å². The molecule has 0 aliphatic carbocycles. The number of nitrogens with two attached hydrogens (primary N) is 1. The lowest BCUT2D eigenvalue weighted by molar-refractivity contribution is -0.131. The van der Waals surface area contributed by atoms with Crippen LogP contribution in [0.25, 0.3) is 0 Å². The van der Waals surface area contributed by atoms with Crippen LogP contribution < -0.4 is 11.1 Å². The summed E-state index contributed by atoms with van der Waals surface area (Å²) in [6.45, 7) is 4.80. The van der Waals surface area contributed by atoms with Gasteiger partial charge in [0.25, 0.3) is 0 Å². The summed E-state index contributed by atoms with van der Waals surface area (Å²) in [6.07, 6.45) is 4.51. The predicted molar refractivity (Wildman–Crippen MR) is 70.3 cm³/mol. The van der Waals surface area contributed by atoms with Gasteiger partial charge in [0.05, 0.1) is 6.10 Å². The van der Waals surface area contributed by atoms with Crippen molar-refractivity contribution < 1.29 is 14.3 Å². The molecular weight excluding hydrogens is 232 g/mol. The van der Waals surface area contributed by atoms with E-state index in [9.17, 15) is 4.79 Å². The van der Waals surface area contributed by atoms with E-state index in [-0.39, 0.29) is 18.1 Å². The zero-order valence-electron chi connectivity index (χ0n) is 11.3. The van der Waals surface area contributed by atoms with Crippen molar-refractivity contribution in [2.75, 3.05) is 26.3 Å². The maximum atomic E-state index is 11.7. The van der Waals surface area contributed by atoms with Gasteiger partial charge >= 0.3 is 0 Å². The Morgan fingerprint density at radius 2 is 2.17 bits per heavy atom. The van der Waals surface area contributed by atoms with Crippen molar-refractivity contribution in [1.82, 2.24) is 5.32 Å². The lowest BCUT2D eigenvalue weighted by Gasteiger charge is -2.12. The van der Waals surface area contributed by atoms with Crippen molar-refractivity contribution in [3.05, 3.63) is 0 Å². The number of unbranched alkanes of at least 4 members (excludes halogenated alkanes) is 1. The van der Waals surface area contributed by atoms with Gasteiger partial charge in [-0.25, -0.2) is 0 Å². The molecule has 0 saturated carbocycles. The fourth-order valence-electron chi connectivity index (χ4n) is 1.92. The molecule has 18 heavy (non-hydrogen) atoms. The Kier molecular flexibility index (Phi) is 7.96. The van der Waals surface area contributed by atoms with Gasteiger partial charge in [-0.05, 0) is 25.7 Å². The molecule has 2 unspecified atom stereocenters. The third-order valence-corrected chi connectivity index (χ3v) is 3.07. The summed E-state index contributed by atoms with van der Waals surface area (Å²) < 4.78 is 10.9. The number of carbonyl (C=O) groups excluding carboxylic acids is 1. The first-order valence-electron chi connectivity index (χ1n) is 6.99. The second kappa shape index (κ2) is 9.30. The molecule has 5 nitrogen and oxygen atoms in total. The number of rotatable bonds is 9. The minimum atomic E-state index is -0.306. The summed E-state index contributed by atoms with van der Waals surface area (Å²) in [7, 11) is 0. The largest absolute Gasteiger partial charge is 0.381 e. The highest BCUT2D eigenvalue weighted by Crippen LogP contribution is 2.18. The van der Waals surface area contributed by atoms with Gasteiger partial charge < -0.3 is 20.5 Å². The van der Waals surface area contributed by atoms with Crippen LogP contribution in [0, 0.1) is 0 Å². The zero-order valence-corrected chi connectivity index (χ0v) is 11.3. The maximum absolute atomic E-state index is 11.7. The Labute approximate surface area is 109 Å². The highest BCUT2D eigenvalue weighted by atomic mass is 16.5. The van der Waals surface area contributed by atoms with Crippen LogP contribution in [0.2, 0.25) is 0 Å². The van der Waals surface area contributed by atoms with E-state index < -0.39 is 0 Å². The Morgan fingerprint density at radius 3 is 2.83 bits per heavy atom. The van der Waals surface area contributed by atoms with E-state index in [1.54, 1.807) is 0 Å². The van der Waals surface area contributed by atoms with Crippen LogP contribution in [-0.4, -0.2) is 44.4 Å². The Bertz CT molecular complexity index is 236. The molecule has 0 spiro atoms. The molecule has 1 aliphatic heterocycles. The quantitative estimate of drug-likeness (QED) is 0.600. The molecule has 0 radical (unpaired) electrons. The summed E-state index contributed by atoms with van der Waals surface area (Å²) in [4.78, 5) is 11.7. The van der Waals surface area contributed by atoms with Crippen LogP contribution in [0.4, 0.5) is 0 Å². The molecule has 1 fully saturated rings. The molecule has 106 valence electrons. The van der Waals surface area contributed by atoms with Crippen molar-refractivity contribution in [2.24, 2.45) is 5.73 Å². The average molecular weight is 258 g/mol. The van der Waals surface area contributed by atoms with Crippen LogP contribution in [-0.2, 0) is 14.3 Å². The average Bonchev–Trinajstić information content (AvgIpc) is 2.86. The minimum Gasteiger partial charge on any atom is -0.381 e. The third-order valence-electron chi connectivity index (χ3n) is 3.07. The van der Waals surface area contributed by atoms with Gasteiger partial charge in [0.1, 0.15) is 6.10 Å². The van der Waals surface area contributed by atoms with Gasteiger partial charge in [0, 0.05) is 26.3 Å². The van der Waals surface area contributed by atoms with Crippen LogP contribution in [0.3, 0.4) is 0 Å². The molecule has 3 N–H and O–H groups in total. The number of hydrogen-bond donors (Lipinski definition) is 2. The summed E-state index contributed by atoms with van der Waals surface area (Å²) in [5, 5.41) is 2.88. The topological polar surface area (TPSA) is 73.6 Å². The lowest BCUT2D eigenvalue weighted by Crippen LogP contribution is -2.36. The van der Waals surface area contributed by atoms with Gasteiger partial charge in [-0.1, -0.05) is 13.3 Å². The second-order valence-corrected chi connectivity index (χ2v) is 4.67. The van der Waals surface area contributed by atoms with Crippen LogP contribution in [0.1, 0.15) is 39.0 Å². The van der Waals surface area contributed by atoms with Gasteiger partial charge in [-0.15, -0.1) is 0 Å². The van der Waals surface area contributed by atoms with E-state index in [1.807, 2.05) is 0 Å². The SMILES string of the molecule is CCCCOCCCNC(=O)C1CCC(CN)O1. The number of hydrogen-bond acceptors (Lipinski definition) is 4. The number of nitrogens with one attached hydrogen (secondary N) is 1. The van der Waals surface area contributed by atoms with Crippen molar-refractivity contribution in [2.45, 2.75) is 51.2 Å². The molecule has 0 bridgehead atoms. The molecule has 1 saturated heterocycles. The number of carbonyl (C=O) groups is 1. The standard InChI is InChI=1S/C13H26N2O3/c1-2-3-8-17-9-4-7-15-13(16)12-6-5-11(10-14)18-12/h11-12H,2-10,14H2,1H3,(H,15,16). The van der Waals surface area contributed by atoms with E-state index in [4.69, 9.17) is 15.2 Å². The second-order valence-electron chi connectivity index (χ2n) is 4.67. The first-order chi connectivity index (χ1) is 8.77. The molecule has 0 aromatic heterocycles. The molecule has 1 heterocycles. The number of ether oxygens (including phenoxy) is 2. The Morgan fingerprint density at radius 1 is 1.39 bits per heavy atom. The Balaban J connectivity index is 1.97. The van der Waals surface area contributed by atoms with Crippen LogP contribution >= 0.6 is 0 Å². The zero-order chi connectivity index (χ0) is 13.2. The van der Waals surface area contributed by atoms with E-state index >= 15 is 0 Å². The van der Waals surface area contributed by atoms with Gasteiger partial charge in [-0.2, -0.15) is 0 Å². The van der Waals surface area contributed by atoms with Crippen LogP contribution in [0.15, 0.2) is 0 Å². The molecular formula is C13H26N2O3. The summed E-state index contributed by atoms with van der Waals surface area (Å²) in [6, 6.07) is 0. The summed E-state index contributed by atoms with van der Waals surface area (Å²) in [5.74, 6) is -0.0143. The fourth-order valence-corrected chi connectivity index (χ4v) is 1.92. The highest BCUT2D eigenvalue weighted by Gasteiger charge is 2.29. The van der Waals surface area contributed by atoms with Gasteiger partial charge in [0.15, 0.2) is 0 Å². The third kappa shape index (κ3) is 5.80. The highest BCUT2D eigenvalue weighted by molar-refractivity contribution is 5.80. The molecule has 0 aromatic rings. The maximum Gasteiger partial charge on any atom is 0.249 e. The fraction of sp³-hybridized carbons (Fsp3) is 0.923. The van der Waals surface area contributed by atoms with Gasteiger partial charge in [0.2, 0.25) is 5.91 Å². The molecule has 1 rings (SSSR count). The first kappa shape index (κ1) is 15.4. The van der Waals surface area contributed by atoms with Crippen molar-refractivity contribution in [3.8, 4) is 0 Å². The van der Waals surface area contributed by atoms with Crippen molar-refractivity contribution in [3.63, 3.8) is 0 Å². The van der Waals surface area contributed by atoms with Crippen LogP contribution in [0.5, 0.6) is 0 Å². The van der Waals surface area contributed by atoms with E-state index in [0.717, 1.165) is 38.7 Å². The monoisotopic (exact) mass is 258 g/mol. The van der Waals surface area contributed by atoms with E-state index in [1.165, 1.54) is 0 Å². The van der Waals surface area contributed by atoms with Gasteiger partial charge in [-0.3, -0.25) is 4.79 Å². The lowest BCUT2D eigenvalue weighted by atomic mass is 10.2. The number of amides is 1. The Hall–Kier alpha value is -0.650. The molecule has 0 aromatic carbocycles. The van der Waals surface area contributed by atoms with Crippen molar-refractivity contribution in [1.29, 1.82) is 0 Å². The smallest absolute Gasteiger partial charge is 0.249 e. The molecule has 5 heteroatoms. The molecule has 1 amide bonds. The minimum absolute atomic E-state index is 0.0143.